The van der Waals surface area contributed by atoms with E-state index in [1.54, 1.807) is 6.07 Å². The highest BCUT2D eigenvalue weighted by molar-refractivity contribution is 9.10. The summed E-state index contributed by atoms with van der Waals surface area (Å²) in [6.45, 7) is 5.04. The van der Waals surface area contributed by atoms with Crippen molar-refractivity contribution in [2.45, 2.75) is 19.3 Å². The Hall–Kier alpha value is -1.93. The van der Waals surface area contributed by atoms with E-state index in [0.717, 1.165) is 11.0 Å². The lowest BCUT2D eigenvalue weighted by Crippen LogP contribution is -2.27. The average Bonchev–Trinajstić information content (AvgIpc) is 2.46. The third-order valence-electron chi connectivity index (χ3n) is 3.12. The van der Waals surface area contributed by atoms with Crippen molar-refractivity contribution in [3.63, 3.8) is 0 Å². The van der Waals surface area contributed by atoms with Gasteiger partial charge in [-0.15, -0.1) is 0 Å². The first-order valence-corrected chi connectivity index (χ1v) is 7.03. The fourth-order valence-electron chi connectivity index (χ4n) is 1.83. The van der Waals surface area contributed by atoms with Crippen molar-refractivity contribution < 1.29 is 0 Å². The molecular weight excluding hydrogens is 316 g/mol. The van der Waals surface area contributed by atoms with Gasteiger partial charge in [-0.3, -0.25) is 0 Å². The van der Waals surface area contributed by atoms with Gasteiger partial charge in [-0.05, 0) is 17.7 Å². The van der Waals surface area contributed by atoms with Crippen molar-refractivity contribution in [3.05, 3.63) is 52.4 Å². The average molecular weight is 331 g/mol. The van der Waals surface area contributed by atoms with Gasteiger partial charge in [0.05, 0.1) is 0 Å². The number of nitriles is 1. The van der Waals surface area contributed by atoms with Crippen LogP contribution in [-0.2, 0) is 5.41 Å². The normalized spacial score (nSPS) is 10.9. The molecule has 0 radical (unpaired) electrons. The van der Waals surface area contributed by atoms with E-state index in [1.807, 2.05) is 18.2 Å². The van der Waals surface area contributed by atoms with Gasteiger partial charge in [0.2, 0.25) is 0 Å². The molecule has 5 heteroatoms. The van der Waals surface area contributed by atoms with Crippen LogP contribution in [0.5, 0.6) is 0 Å². The van der Waals surface area contributed by atoms with Crippen LogP contribution in [0.25, 0.3) is 0 Å². The number of nitrogens with one attached hydrogen (secondary N) is 1. The highest BCUT2D eigenvalue weighted by Crippen LogP contribution is 2.25. The Morgan fingerprint density at radius 2 is 1.95 bits per heavy atom. The molecule has 0 aliphatic carbocycles. The molecule has 0 fully saturated rings. The summed E-state index contributed by atoms with van der Waals surface area (Å²) in [5, 5.41) is 12.1. The Bertz CT molecular complexity index is 629. The summed E-state index contributed by atoms with van der Waals surface area (Å²) < 4.78 is 1.07. The zero-order chi connectivity index (χ0) is 14.6. The Kier molecular flexibility index (Phi) is 4.35. The smallest absolute Gasteiger partial charge is 0.145 e. The Balaban J connectivity index is 2.08. The van der Waals surface area contributed by atoms with Gasteiger partial charge in [0, 0.05) is 22.5 Å². The summed E-state index contributed by atoms with van der Waals surface area (Å²) in [7, 11) is 0. The lowest BCUT2D eigenvalue weighted by Gasteiger charge is -2.26. The topological polar surface area (TPSA) is 61.6 Å². The van der Waals surface area contributed by atoms with Crippen LogP contribution in [0.2, 0.25) is 0 Å². The quantitative estimate of drug-likeness (QED) is 0.931. The van der Waals surface area contributed by atoms with E-state index in [9.17, 15) is 0 Å². The van der Waals surface area contributed by atoms with Crippen molar-refractivity contribution >= 4 is 21.7 Å². The van der Waals surface area contributed by atoms with Crippen LogP contribution in [0.1, 0.15) is 25.1 Å². The molecule has 102 valence electrons. The standard InChI is InChI=1S/C15H15BrN4/c1-15(2,11-3-5-12(16)6-4-11)9-18-14-7-13(8-17)19-10-20-14/h3-7,10H,9H2,1-2H3,(H,18,19,20). The van der Waals surface area contributed by atoms with E-state index in [1.165, 1.54) is 11.9 Å². The molecule has 1 aromatic carbocycles. The number of aromatic nitrogens is 2. The van der Waals surface area contributed by atoms with Crippen molar-refractivity contribution in [1.82, 2.24) is 9.97 Å². The Morgan fingerprint density at radius 3 is 2.60 bits per heavy atom. The molecule has 0 saturated heterocycles. The second kappa shape index (κ2) is 6.02. The Morgan fingerprint density at radius 1 is 1.25 bits per heavy atom. The van der Waals surface area contributed by atoms with Gasteiger partial charge in [-0.1, -0.05) is 41.9 Å². The van der Waals surface area contributed by atoms with Crippen LogP contribution in [0.4, 0.5) is 5.82 Å². The zero-order valence-corrected chi connectivity index (χ0v) is 13.0. The second-order valence-corrected chi connectivity index (χ2v) is 6.06. The molecule has 0 aliphatic rings. The van der Waals surface area contributed by atoms with Crippen LogP contribution in [-0.4, -0.2) is 16.5 Å². The molecule has 2 rings (SSSR count). The molecule has 0 bridgehead atoms. The summed E-state index contributed by atoms with van der Waals surface area (Å²) >= 11 is 3.44. The first-order valence-electron chi connectivity index (χ1n) is 6.23. The minimum atomic E-state index is -0.0432. The van der Waals surface area contributed by atoms with E-state index >= 15 is 0 Å². The largest absolute Gasteiger partial charge is 0.369 e. The van der Waals surface area contributed by atoms with Gasteiger partial charge in [0.1, 0.15) is 23.9 Å². The van der Waals surface area contributed by atoms with Crippen LogP contribution in [0.15, 0.2) is 41.1 Å². The fourth-order valence-corrected chi connectivity index (χ4v) is 2.09. The van der Waals surface area contributed by atoms with Gasteiger partial charge in [-0.2, -0.15) is 5.26 Å². The molecule has 4 nitrogen and oxygen atoms in total. The van der Waals surface area contributed by atoms with E-state index in [-0.39, 0.29) is 5.41 Å². The highest BCUT2D eigenvalue weighted by atomic mass is 79.9. The number of halogens is 1. The molecule has 0 saturated carbocycles. The van der Waals surface area contributed by atoms with E-state index in [0.29, 0.717) is 11.5 Å². The lowest BCUT2D eigenvalue weighted by atomic mass is 9.84. The van der Waals surface area contributed by atoms with E-state index in [2.05, 4.69) is 57.2 Å². The minimum Gasteiger partial charge on any atom is -0.369 e. The molecule has 0 unspecified atom stereocenters. The van der Waals surface area contributed by atoms with E-state index < -0.39 is 0 Å². The molecule has 0 spiro atoms. The number of rotatable bonds is 4. The summed E-state index contributed by atoms with van der Waals surface area (Å²) in [5.41, 5.74) is 1.56. The third kappa shape index (κ3) is 3.55. The van der Waals surface area contributed by atoms with Crippen LogP contribution >= 0.6 is 15.9 Å². The monoisotopic (exact) mass is 330 g/mol. The first-order chi connectivity index (χ1) is 9.51. The number of hydrogen-bond acceptors (Lipinski definition) is 4. The maximum atomic E-state index is 8.82. The minimum absolute atomic E-state index is 0.0432. The van der Waals surface area contributed by atoms with Crippen molar-refractivity contribution in [2.75, 3.05) is 11.9 Å². The van der Waals surface area contributed by atoms with Crippen molar-refractivity contribution in [1.29, 1.82) is 5.26 Å². The molecule has 0 amide bonds. The fraction of sp³-hybridized carbons (Fsp3) is 0.267. The molecule has 20 heavy (non-hydrogen) atoms. The van der Waals surface area contributed by atoms with Gasteiger partial charge >= 0.3 is 0 Å². The summed E-state index contributed by atoms with van der Waals surface area (Å²) in [6.07, 6.45) is 1.40. The van der Waals surface area contributed by atoms with Crippen LogP contribution < -0.4 is 5.32 Å². The molecule has 0 atom stereocenters. The lowest BCUT2D eigenvalue weighted by molar-refractivity contribution is 0.556. The molecule has 2 aromatic rings. The van der Waals surface area contributed by atoms with Crippen LogP contribution in [0.3, 0.4) is 0 Å². The number of hydrogen-bond donors (Lipinski definition) is 1. The van der Waals surface area contributed by atoms with Crippen molar-refractivity contribution in [2.24, 2.45) is 0 Å². The van der Waals surface area contributed by atoms with Gasteiger partial charge in [0.25, 0.3) is 0 Å². The highest BCUT2D eigenvalue weighted by Gasteiger charge is 2.20. The predicted octanol–water partition coefficient (Wildman–Crippen LogP) is 3.50. The summed E-state index contributed by atoms with van der Waals surface area (Å²) in [4.78, 5) is 7.97. The van der Waals surface area contributed by atoms with Crippen molar-refractivity contribution in [3.8, 4) is 6.07 Å². The molecular formula is C15H15BrN4. The van der Waals surface area contributed by atoms with Gasteiger partial charge in [-0.25, -0.2) is 9.97 Å². The molecule has 1 aromatic heterocycles. The zero-order valence-electron chi connectivity index (χ0n) is 11.4. The SMILES string of the molecule is CC(C)(CNc1cc(C#N)ncn1)c1ccc(Br)cc1. The van der Waals surface area contributed by atoms with Crippen LogP contribution in [0, 0.1) is 11.3 Å². The van der Waals surface area contributed by atoms with E-state index in [4.69, 9.17) is 5.26 Å². The second-order valence-electron chi connectivity index (χ2n) is 5.14. The number of benzene rings is 1. The first kappa shape index (κ1) is 14.5. The number of anilines is 1. The summed E-state index contributed by atoms with van der Waals surface area (Å²) in [5.74, 6) is 0.668. The predicted molar refractivity (Wildman–Crippen MR) is 82.4 cm³/mol. The maximum Gasteiger partial charge on any atom is 0.145 e. The van der Waals surface area contributed by atoms with Gasteiger partial charge in [0.15, 0.2) is 0 Å². The Labute approximate surface area is 127 Å². The third-order valence-corrected chi connectivity index (χ3v) is 3.65. The maximum absolute atomic E-state index is 8.82. The molecule has 1 heterocycles. The number of nitrogens with zero attached hydrogens (tertiary/aromatic N) is 3. The molecule has 1 N–H and O–H groups in total. The molecule has 0 aliphatic heterocycles. The summed E-state index contributed by atoms with van der Waals surface area (Å²) in [6, 6.07) is 11.9. The van der Waals surface area contributed by atoms with Gasteiger partial charge < -0.3 is 5.32 Å².